The lowest BCUT2D eigenvalue weighted by Crippen LogP contribution is -2.31. The fraction of sp³-hybridized carbons (Fsp3) is 0.471. The summed E-state index contributed by atoms with van der Waals surface area (Å²) in [5.41, 5.74) is 0.514. The van der Waals surface area contributed by atoms with E-state index in [1.165, 1.54) is 6.33 Å². The zero-order chi connectivity index (χ0) is 15.5. The van der Waals surface area contributed by atoms with Crippen molar-refractivity contribution >= 4 is 5.78 Å². The summed E-state index contributed by atoms with van der Waals surface area (Å²) in [7, 11) is 0. The van der Waals surface area contributed by atoms with Gasteiger partial charge in [0, 0.05) is 12.0 Å². The SMILES string of the molecule is CC(C)Cn1ncnc1CC(=O)C(C)(C)c1ccccc1. The number of aromatic nitrogens is 3. The van der Waals surface area contributed by atoms with Gasteiger partial charge in [0.2, 0.25) is 0 Å². The van der Waals surface area contributed by atoms with E-state index >= 15 is 0 Å². The number of carbonyl (C=O) groups is 1. The molecule has 0 spiro atoms. The van der Waals surface area contributed by atoms with Crippen molar-refractivity contribution < 1.29 is 4.79 Å². The number of hydrogen-bond donors (Lipinski definition) is 0. The van der Waals surface area contributed by atoms with Crippen molar-refractivity contribution in [1.82, 2.24) is 14.8 Å². The molecule has 0 unspecified atom stereocenters. The van der Waals surface area contributed by atoms with Gasteiger partial charge in [-0.15, -0.1) is 0 Å². The van der Waals surface area contributed by atoms with Crippen molar-refractivity contribution in [2.45, 2.75) is 46.1 Å². The zero-order valence-corrected chi connectivity index (χ0v) is 13.2. The zero-order valence-electron chi connectivity index (χ0n) is 13.2. The van der Waals surface area contributed by atoms with Gasteiger partial charge in [-0.1, -0.05) is 44.2 Å². The number of benzene rings is 1. The van der Waals surface area contributed by atoms with Crippen LogP contribution < -0.4 is 0 Å². The quantitative estimate of drug-likeness (QED) is 0.819. The summed E-state index contributed by atoms with van der Waals surface area (Å²) in [5.74, 6) is 1.38. The van der Waals surface area contributed by atoms with Crippen molar-refractivity contribution in [3.8, 4) is 0 Å². The molecule has 112 valence electrons. The largest absolute Gasteiger partial charge is 0.298 e. The maximum absolute atomic E-state index is 12.7. The minimum Gasteiger partial charge on any atom is -0.298 e. The van der Waals surface area contributed by atoms with E-state index in [9.17, 15) is 4.79 Å². The van der Waals surface area contributed by atoms with Crippen molar-refractivity contribution in [3.05, 3.63) is 48.0 Å². The van der Waals surface area contributed by atoms with Crippen LogP contribution in [-0.4, -0.2) is 20.5 Å². The number of ketones is 1. The number of Topliss-reactive ketones (excluding diaryl/α,β-unsaturated/α-hetero) is 1. The van der Waals surface area contributed by atoms with Crippen LogP contribution >= 0.6 is 0 Å². The van der Waals surface area contributed by atoms with Gasteiger partial charge in [0.15, 0.2) is 0 Å². The molecule has 2 rings (SSSR count). The minimum absolute atomic E-state index is 0.159. The van der Waals surface area contributed by atoms with Gasteiger partial charge in [0.1, 0.15) is 17.9 Å². The van der Waals surface area contributed by atoms with Gasteiger partial charge in [-0.25, -0.2) is 9.67 Å². The maximum atomic E-state index is 12.7. The summed E-state index contributed by atoms with van der Waals surface area (Å²) in [6, 6.07) is 9.88. The summed E-state index contributed by atoms with van der Waals surface area (Å²) in [6.07, 6.45) is 1.84. The van der Waals surface area contributed by atoms with Crippen molar-refractivity contribution in [2.24, 2.45) is 5.92 Å². The Balaban J connectivity index is 2.16. The molecular weight excluding hydrogens is 262 g/mol. The highest BCUT2D eigenvalue weighted by Crippen LogP contribution is 2.25. The van der Waals surface area contributed by atoms with E-state index in [2.05, 4.69) is 23.9 Å². The van der Waals surface area contributed by atoms with Gasteiger partial charge < -0.3 is 0 Å². The van der Waals surface area contributed by atoms with Crippen LogP contribution in [0, 0.1) is 5.92 Å². The molecule has 2 aromatic rings. The molecule has 0 bridgehead atoms. The van der Waals surface area contributed by atoms with Crippen molar-refractivity contribution in [1.29, 1.82) is 0 Å². The number of nitrogens with zero attached hydrogens (tertiary/aromatic N) is 3. The second-order valence-corrected chi connectivity index (χ2v) is 6.34. The van der Waals surface area contributed by atoms with E-state index in [0.717, 1.165) is 17.9 Å². The molecule has 0 atom stereocenters. The Morgan fingerprint density at radius 2 is 1.90 bits per heavy atom. The molecule has 0 aliphatic carbocycles. The van der Waals surface area contributed by atoms with Crippen LogP contribution in [0.2, 0.25) is 0 Å². The van der Waals surface area contributed by atoms with E-state index in [4.69, 9.17) is 0 Å². The van der Waals surface area contributed by atoms with Gasteiger partial charge in [-0.2, -0.15) is 5.10 Å². The fourth-order valence-electron chi connectivity index (χ4n) is 2.30. The number of carbonyl (C=O) groups excluding carboxylic acids is 1. The molecule has 0 radical (unpaired) electrons. The lowest BCUT2D eigenvalue weighted by molar-refractivity contribution is -0.123. The van der Waals surface area contributed by atoms with Crippen LogP contribution in [0.25, 0.3) is 0 Å². The average Bonchev–Trinajstić information content (AvgIpc) is 2.86. The first-order chi connectivity index (χ1) is 9.91. The first-order valence-corrected chi connectivity index (χ1v) is 7.36. The summed E-state index contributed by atoms with van der Waals surface area (Å²) in [4.78, 5) is 16.9. The fourth-order valence-corrected chi connectivity index (χ4v) is 2.30. The lowest BCUT2D eigenvalue weighted by atomic mass is 9.79. The Labute approximate surface area is 126 Å². The van der Waals surface area contributed by atoms with E-state index in [-0.39, 0.29) is 5.78 Å². The Morgan fingerprint density at radius 1 is 1.24 bits per heavy atom. The second-order valence-electron chi connectivity index (χ2n) is 6.34. The molecule has 1 heterocycles. The van der Waals surface area contributed by atoms with Crippen molar-refractivity contribution in [2.75, 3.05) is 0 Å². The third-order valence-electron chi connectivity index (χ3n) is 3.75. The molecule has 4 heteroatoms. The molecule has 4 nitrogen and oxygen atoms in total. The number of rotatable bonds is 6. The van der Waals surface area contributed by atoms with E-state index in [0.29, 0.717) is 12.3 Å². The molecule has 0 amide bonds. The third kappa shape index (κ3) is 3.57. The molecule has 0 N–H and O–H groups in total. The van der Waals surface area contributed by atoms with Crippen LogP contribution in [0.1, 0.15) is 39.1 Å². The summed E-state index contributed by atoms with van der Waals surface area (Å²) in [5, 5.41) is 4.22. The van der Waals surface area contributed by atoms with E-state index < -0.39 is 5.41 Å². The molecule has 21 heavy (non-hydrogen) atoms. The number of hydrogen-bond acceptors (Lipinski definition) is 3. The summed E-state index contributed by atoms with van der Waals surface area (Å²) < 4.78 is 1.84. The topological polar surface area (TPSA) is 47.8 Å². The molecule has 1 aromatic heterocycles. The van der Waals surface area contributed by atoms with Gasteiger partial charge in [-0.3, -0.25) is 4.79 Å². The predicted octanol–water partition coefficient (Wildman–Crippen LogP) is 3.02. The van der Waals surface area contributed by atoms with E-state index in [1.807, 2.05) is 48.9 Å². The lowest BCUT2D eigenvalue weighted by Gasteiger charge is -2.23. The second kappa shape index (κ2) is 6.20. The monoisotopic (exact) mass is 285 g/mol. The van der Waals surface area contributed by atoms with Gasteiger partial charge >= 0.3 is 0 Å². The maximum Gasteiger partial charge on any atom is 0.150 e. The molecule has 0 saturated heterocycles. The first kappa shape index (κ1) is 15.4. The van der Waals surface area contributed by atoms with Crippen LogP contribution in [0.3, 0.4) is 0 Å². The highest BCUT2D eigenvalue weighted by molar-refractivity contribution is 5.90. The van der Waals surface area contributed by atoms with Crippen LogP contribution in [0.5, 0.6) is 0 Å². The van der Waals surface area contributed by atoms with Gasteiger partial charge in [0.05, 0.1) is 6.42 Å². The van der Waals surface area contributed by atoms with E-state index in [1.54, 1.807) is 0 Å². The Hall–Kier alpha value is -1.97. The first-order valence-electron chi connectivity index (χ1n) is 7.36. The highest BCUT2D eigenvalue weighted by Gasteiger charge is 2.30. The highest BCUT2D eigenvalue weighted by atomic mass is 16.1. The molecule has 0 fully saturated rings. The summed E-state index contributed by atoms with van der Waals surface area (Å²) >= 11 is 0. The van der Waals surface area contributed by atoms with Gasteiger partial charge in [-0.05, 0) is 25.3 Å². The predicted molar refractivity (Wildman–Crippen MR) is 83.0 cm³/mol. The molecule has 0 aliphatic heterocycles. The third-order valence-corrected chi connectivity index (χ3v) is 3.75. The molecule has 0 saturated carbocycles. The normalized spacial score (nSPS) is 11.9. The van der Waals surface area contributed by atoms with Crippen molar-refractivity contribution in [3.63, 3.8) is 0 Å². The molecule has 0 aliphatic rings. The van der Waals surface area contributed by atoms with Crippen LogP contribution in [0.15, 0.2) is 36.7 Å². The minimum atomic E-state index is -0.518. The smallest absolute Gasteiger partial charge is 0.150 e. The molecular formula is C17H23N3O. The van der Waals surface area contributed by atoms with Crippen LogP contribution in [-0.2, 0) is 23.2 Å². The van der Waals surface area contributed by atoms with Crippen LogP contribution in [0.4, 0.5) is 0 Å². The molecule has 1 aromatic carbocycles. The Kier molecular flexibility index (Phi) is 4.56. The Bertz CT molecular complexity index is 600. The van der Waals surface area contributed by atoms with Gasteiger partial charge in [0.25, 0.3) is 0 Å². The Morgan fingerprint density at radius 3 is 2.52 bits per heavy atom. The summed E-state index contributed by atoms with van der Waals surface area (Å²) in [6.45, 7) is 8.97. The standard InChI is InChI=1S/C17H23N3O/c1-13(2)11-20-16(18-12-19-20)10-15(21)17(3,4)14-8-6-5-7-9-14/h5-9,12-13H,10-11H2,1-4H3. The average molecular weight is 285 g/mol.